The van der Waals surface area contributed by atoms with Crippen LogP contribution < -0.4 is 5.32 Å². The molecule has 5 rings (SSSR count). The molecule has 1 unspecified atom stereocenters. The fourth-order valence-corrected chi connectivity index (χ4v) is 5.03. The molecule has 1 atom stereocenters. The van der Waals surface area contributed by atoms with Crippen molar-refractivity contribution in [1.29, 1.82) is 0 Å². The van der Waals surface area contributed by atoms with E-state index < -0.39 is 5.92 Å². The monoisotopic (exact) mass is 512 g/mol. The molecule has 0 saturated carbocycles. The van der Waals surface area contributed by atoms with Gasteiger partial charge in [0.25, 0.3) is 0 Å². The number of fused-ring (bicyclic) bond motifs is 2. The van der Waals surface area contributed by atoms with Crippen LogP contribution in [0.4, 0.5) is 5.95 Å². The van der Waals surface area contributed by atoms with Gasteiger partial charge in [-0.3, -0.25) is 14.4 Å². The first-order valence-corrected chi connectivity index (χ1v) is 12.4. The molecule has 3 heterocycles. The van der Waals surface area contributed by atoms with Gasteiger partial charge in [0.05, 0.1) is 30.2 Å². The highest BCUT2D eigenvalue weighted by molar-refractivity contribution is 9.10. The zero-order valence-corrected chi connectivity index (χ0v) is 20.6. The lowest BCUT2D eigenvalue weighted by Crippen LogP contribution is -2.39. The molecule has 0 radical (unpaired) electrons. The van der Waals surface area contributed by atoms with Crippen LogP contribution in [0.5, 0.6) is 0 Å². The molecule has 174 valence electrons. The van der Waals surface area contributed by atoms with Gasteiger partial charge >= 0.3 is 0 Å². The SMILES string of the molecule is CC(C)Cn1cc2c(C3C(=O)Cc4ccc(Br)cc43)nc(NCCN3CCOCC3)nc2n1. The molecule has 33 heavy (non-hydrogen) atoms. The second kappa shape index (κ2) is 9.48. The largest absolute Gasteiger partial charge is 0.379 e. The number of benzene rings is 1. The first-order valence-electron chi connectivity index (χ1n) is 11.6. The van der Waals surface area contributed by atoms with Crippen molar-refractivity contribution < 1.29 is 9.53 Å². The molecule has 1 aliphatic carbocycles. The van der Waals surface area contributed by atoms with Crippen LogP contribution in [-0.2, 0) is 22.5 Å². The van der Waals surface area contributed by atoms with E-state index in [9.17, 15) is 4.79 Å². The summed E-state index contributed by atoms with van der Waals surface area (Å²) < 4.78 is 8.32. The van der Waals surface area contributed by atoms with Gasteiger partial charge in [-0.1, -0.05) is 35.8 Å². The number of ketones is 1. The van der Waals surface area contributed by atoms with E-state index in [1.165, 1.54) is 0 Å². The Morgan fingerprint density at radius 2 is 2.06 bits per heavy atom. The van der Waals surface area contributed by atoms with Gasteiger partial charge in [0.1, 0.15) is 0 Å². The molecule has 2 aliphatic rings. The molecule has 8 nitrogen and oxygen atoms in total. The number of carbonyl (C=O) groups excluding carboxylic acids is 1. The highest BCUT2D eigenvalue weighted by atomic mass is 79.9. The van der Waals surface area contributed by atoms with E-state index in [2.05, 4.69) is 40.0 Å². The maximum atomic E-state index is 13.2. The van der Waals surface area contributed by atoms with Crippen molar-refractivity contribution in [3.8, 4) is 0 Å². The molecule has 1 aliphatic heterocycles. The van der Waals surface area contributed by atoms with Gasteiger partial charge in [0.15, 0.2) is 11.4 Å². The van der Waals surface area contributed by atoms with E-state index in [1.54, 1.807) is 0 Å². The molecule has 1 aromatic carbocycles. The maximum Gasteiger partial charge on any atom is 0.225 e. The molecule has 0 amide bonds. The number of halogens is 1. The molecule has 1 saturated heterocycles. The van der Waals surface area contributed by atoms with Gasteiger partial charge in [0.2, 0.25) is 5.95 Å². The summed E-state index contributed by atoms with van der Waals surface area (Å²) in [4.78, 5) is 25.1. The van der Waals surface area contributed by atoms with Crippen molar-refractivity contribution in [2.75, 3.05) is 44.7 Å². The van der Waals surface area contributed by atoms with Gasteiger partial charge in [-0.25, -0.2) is 4.98 Å². The van der Waals surface area contributed by atoms with E-state index in [4.69, 9.17) is 19.8 Å². The summed E-state index contributed by atoms with van der Waals surface area (Å²) in [5.74, 6) is 0.738. The minimum absolute atomic E-state index is 0.166. The van der Waals surface area contributed by atoms with Crippen molar-refractivity contribution in [3.63, 3.8) is 0 Å². The minimum Gasteiger partial charge on any atom is -0.379 e. The van der Waals surface area contributed by atoms with Crippen LogP contribution >= 0.6 is 15.9 Å². The summed E-state index contributed by atoms with van der Waals surface area (Å²) in [6.07, 6.45) is 2.42. The minimum atomic E-state index is -0.403. The van der Waals surface area contributed by atoms with Crippen LogP contribution in [0.15, 0.2) is 28.9 Å². The third kappa shape index (κ3) is 4.81. The Balaban J connectivity index is 1.50. The van der Waals surface area contributed by atoms with E-state index in [0.29, 0.717) is 23.9 Å². The number of nitrogens with one attached hydrogen (secondary N) is 1. The molecular formula is C24H29BrN6O2. The van der Waals surface area contributed by atoms with Gasteiger partial charge in [0, 0.05) is 49.8 Å². The van der Waals surface area contributed by atoms with Crippen molar-refractivity contribution in [1.82, 2.24) is 24.6 Å². The number of carbonyl (C=O) groups is 1. The van der Waals surface area contributed by atoms with Crippen LogP contribution in [-0.4, -0.2) is 69.8 Å². The normalized spacial score (nSPS) is 18.9. The number of hydrogen-bond acceptors (Lipinski definition) is 7. The number of Topliss-reactive ketones (excluding diaryl/α,β-unsaturated/α-hetero) is 1. The number of morpholine rings is 1. The van der Waals surface area contributed by atoms with Crippen LogP contribution in [0, 0.1) is 5.92 Å². The second-order valence-electron chi connectivity index (χ2n) is 9.21. The second-order valence-corrected chi connectivity index (χ2v) is 10.1. The Kier molecular flexibility index (Phi) is 6.44. The molecular weight excluding hydrogens is 484 g/mol. The smallest absolute Gasteiger partial charge is 0.225 e. The topological polar surface area (TPSA) is 85.2 Å². The van der Waals surface area contributed by atoms with Crippen LogP contribution in [0.2, 0.25) is 0 Å². The number of aromatic nitrogens is 4. The number of anilines is 1. The van der Waals surface area contributed by atoms with Crippen molar-refractivity contribution in [3.05, 3.63) is 45.7 Å². The van der Waals surface area contributed by atoms with Gasteiger partial charge < -0.3 is 10.1 Å². The van der Waals surface area contributed by atoms with Gasteiger partial charge in [-0.15, -0.1) is 0 Å². The molecule has 1 N–H and O–H groups in total. The Morgan fingerprint density at radius 3 is 2.85 bits per heavy atom. The van der Waals surface area contributed by atoms with E-state index >= 15 is 0 Å². The predicted octanol–water partition coefficient (Wildman–Crippen LogP) is 3.25. The molecule has 2 aromatic heterocycles. The Morgan fingerprint density at radius 1 is 1.24 bits per heavy atom. The summed E-state index contributed by atoms with van der Waals surface area (Å²) in [5, 5.41) is 8.94. The summed E-state index contributed by atoms with van der Waals surface area (Å²) >= 11 is 3.57. The number of hydrogen-bond donors (Lipinski definition) is 1. The summed E-state index contributed by atoms with van der Waals surface area (Å²) in [7, 11) is 0. The molecule has 3 aromatic rings. The Hall–Kier alpha value is -2.36. The number of rotatable bonds is 7. The Bertz CT molecular complexity index is 1170. The quantitative estimate of drug-likeness (QED) is 0.519. The zero-order valence-electron chi connectivity index (χ0n) is 19.1. The number of ether oxygens (including phenoxy) is 1. The highest BCUT2D eigenvalue weighted by Crippen LogP contribution is 2.39. The van der Waals surface area contributed by atoms with Crippen molar-refractivity contribution in [2.45, 2.75) is 32.7 Å². The summed E-state index contributed by atoms with van der Waals surface area (Å²) in [6, 6.07) is 6.06. The lowest BCUT2D eigenvalue weighted by atomic mass is 9.95. The van der Waals surface area contributed by atoms with Crippen molar-refractivity contribution in [2.24, 2.45) is 5.92 Å². The van der Waals surface area contributed by atoms with Crippen molar-refractivity contribution >= 4 is 38.7 Å². The van der Waals surface area contributed by atoms with E-state index in [-0.39, 0.29) is 5.78 Å². The molecule has 9 heteroatoms. The molecule has 0 spiro atoms. The average molecular weight is 513 g/mol. The molecule has 0 bridgehead atoms. The first-order chi connectivity index (χ1) is 16.0. The van der Waals surface area contributed by atoms with Gasteiger partial charge in [-0.05, 0) is 29.2 Å². The third-order valence-corrected chi connectivity index (χ3v) is 6.70. The lowest BCUT2D eigenvalue weighted by molar-refractivity contribution is -0.118. The summed E-state index contributed by atoms with van der Waals surface area (Å²) in [6.45, 7) is 10.1. The first kappa shape index (κ1) is 22.4. The fourth-order valence-electron chi connectivity index (χ4n) is 4.65. The summed E-state index contributed by atoms with van der Waals surface area (Å²) in [5.41, 5.74) is 3.46. The maximum absolute atomic E-state index is 13.2. The Labute approximate surface area is 201 Å². The van der Waals surface area contributed by atoms with Gasteiger partial charge in [-0.2, -0.15) is 10.1 Å². The lowest BCUT2D eigenvalue weighted by Gasteiger charge is -2.26. The van der Waals surface area contributed by atoms with E-state index in [0.717, 1.165) is 72.6 Å². The highest BCUT2D eigenvalue weighted by Gasteiger charge is 2.35. The third-order valence-electron chi connectivity index (χ3n) is 6.20. The standard InChI is InChI=1S/C24H29BrN6O2/c1-15(2)13-31-14-19-22(21-18-12-17(25)4-3-16(18)11-20(21)32)27-24(28-23(19)29-31)26-5-6-30-7-9-33-10-8-30/h3-4,12,14-15,21H,5-11,13H2,1-2H3,(H,26,28,29). The van der Waals surface area contributed by atoms with E-state index in [1.807, 2.05) is 29.1 Å². The molecule has 1 fully saturated rings. The van der Waals surface area contributed by atoms with Crippen LogP contribution in [0.3, 0.4) is 0 Å². The van der Waals surface area contributed by atoms with Crippen LogP contribution in [0.25, 0.3) is 11.0 Å². The number of nitrogens with zero attached hydrogens (tertiary/aromatic N) is 5. The zero-order chi connectivity index (χ0) is 22.9. The predicted molar refractivity (Wildman–Crippen MR) is 131 cm³/mol. The average Bonchev–Trinajstić information content (AvgIpc) is 3.32. The fraction of sp³-hybridized carbons (Fsp3) is 0.500. The van der Waals surface area contributed by atoms with Crippen LogP contribution in [0.1, 0.15) is 36.6 Å².